The fourth-order valence-corrected chi connectivity index (χ4v) is 3.83. The first-order valence-corrected chi connectivity index (χ1v) is 10.0. The van der Waals surface area contributed by atoms with Gasteiger partial charge in [-0.1, -0.05) is 34.1 Å². The molecular formula is C22H19BrN2O3. The Hall–Kier alpha value is -2.73. The molecule has 2 aromatic carbocycles. The standard InChI is InChI=1S/C22H19BrN2O3/c23-17-7-3-16(4-8-17)14-25-19-9-5-15(13-18(19)21(27)22(25)28)6-10-20(26)24-11-1-2-12-24/h3-10,13H,1-2,11-12,14H2/b10-6+. The number of anilines is 1. The molecule has 0 aromatic heterocycles. The fourth-order valence-electron chi connectivity index (χ4n) is 3.56. The summed E-state index contributed by atoms with van der Waals surface area (Å²) < 4.78 is 0.959. The van der Waals surface area contributed by atoms with Gasteiger partial charge in [0.05, 0.1) is 17.8 Å². The molecule has 2 amide bonds. The van der Waals surface area contributed by atoms with Crippen LogP contribution >= 0.6 is 15.9 Å². The molecule has 0 bridgehead atoms. The van der Waals surface area contributed by atoms with Crippen LogP contribution in [-0.4, -0.2) is 35.6 Å². The van der Waals surface area contributed by atoms with E-state index in [0.717, 1.165) is 41.5 Å². The number of carbonyl (C=O) groups is 3. The second-order valence-electron chi connectivity index (χ2n) is 6.99. The lowest BCUT2D eigenvalue weighted by molar-refractivity contribution is -0.124. The highest BCUT2D eigenvalue weighted by Gasteiger charge is 2.35. The van der Waals surface area contributed by atoms with E-state index in [2.05, 4.69) is 15.9 Å². The van der Waals surface area contributed by atoms with Gasteiger partial charge in [-0.05, 0) is 54.3 Å². The largest absolute Gasteiger partial charge is 0.339 e. The summed E-state index contributed by atoms with van der Waals surface area (Å²) in [4.78, 5) is 40.4. The van der Waals surface area contributed by atoms with Gasteiger partial charge in [-0.15, -0.1) is 0 Å². The van der Waals surface area contributed by atoms with Gasteiger partial charge in [0.15, 0.2) is 0 Å². The third kappa shape index (κ3) is 3.64. The average Bonchev–Trinajstić information content (AvgIpc) is 3.32. The number of likely N-dealkylation sites (tertiary alicyclic amines) is 1. The number of Topliss-reactive ketones (excluding diaryl/α,β-unsaturated/α-hetero) is 1. The van der Waals surface area contributed by atoms with Crippen molar-refractivity contribution in [3.8, 4) is 0 Å². The number of nitrogens with zero attached hydrogens (tertiary/aromatic N) is 2. The topological polar surface area (TPSA) is 57.7 Å². The van der Waals surface area contributed by atoms with Crippen LogP contribution in [0.15, 0.2) is 53.0 Å². The summed E-state index contributed by atoms with van der Waals surface area (Å²) in [5.74, 6) is -1.04. The highest BCUT2D eigenvalue weighted by molar-refractivity contribution is 9.10. The highest BCUT2D eigenvalue weighted by Crippen LogP contribution is 2.31. The maximum Gasteiger partial charge on any atom is 0.299 e. The summed E-state index contributed by atoms with van der Waals surface area (Å²) in [5.41, 5.74) is 2.68. The summed E-state index contributed by atoms with van der Waals surface area (Å²) in [6, 6.07) is 12.9. The normalized spacial score (nSPS) is 16.3. The lowest BCUT2D eigenvalue weighted by atomic mass is 10.1. The van der Waals surface area contributed by atoms with Crippen molar-refractivity contribution in [1.29, 1.82) is 0 Å². The number of ketones is 1. The molecule has 0 N–H and O–H groups in total. The van der Waals surface area contributed by atoms with E-state index in [-0.39, 0.29) is 5.91 Å². The first-order chi connectivity index (χ1) is 13.5. The molecule has 2 aliphatic rings. The Morgan fingerprint density at radius 3 is 2.46 bits per heavy atom. The van der Waals surface area contributed by atoms with Gasteiger partial charge in [-0.2, -0.15) is 0 Å². The molecule has 2 aliphatic heterocycles. The van der Waals surface area contributed by atoms with Crippen LogP contribution in [0.3, 0.4) is 0 Å². The predicted molar refractivity (Wildman–Crippen MR) is 111 cm³/mol. The quantitative estimate of drug-likeness (QED) is 0.538. The fraction of sp³-hybridized carbons (Fsp3) is 0.227. The van der Waals surface area contributed by atoms with Crippen LogP contribution in [0.2, 0.25) is 0 Å². The van der Waals surface area contributed by atoms with Gasteiger partial charge in [0.25, 0.3) is 11.7 Å². The van der Waals surface area contributed by atoms with E-state index in [1.165, 1.54) is 11.0 Å². The van der Waals surface area contributed by atoms with Gasteiger partial charge >= 0.3 is 0 Å². The van der Waals surface area contributed by atoms with Crippen molar-refractivity contribution in [3.63, 3.8) is 0 Å². The van der Waals surface area contributed by atoms with Crippen molar-refractivity contribution in [2.75, 3.05) is 18.0 Å². The number of carbonyl (C=O) groups excluding carboxylic acids is 3. The lowest BCUT2D eigenvalue weighted by Gasteiger charge is -2.16. The molecule has 0 saturated carbocycles. The monoisotopic (exact) mass is 438 g/mol. The van der Waals surface area contributed by atoms with Gasteiger partial charge in [0.1, 0.15) is 0 Å². The molecule has 142 valence electrons. The Labute approximate surface area is 171 Å². The molecule has 1 saturated heterocycles. The highest BCUT2D eigenvalue weighted by atomic mass is 79.9. The SMILES string of the molecule is O=C1C(=O)N(Cc2ccc(Br)cc2)c2ccc(/C=C/C(=O)N3CCCC3)cc21. The molecule has 1 fully saturated rings. The molecule has 2 aromatic rings. The zero-order valence-corrected chi connectivity index (χ0v) is 16.8. The summed E-state index contributed by atoms with van der Waals surface area (Å²) >= 11 is 3.39. The van der Waals surface area contributed by atoms with Crippen molar-refractivity contribution >= 4 is 45.3 Å². The van der Waals surface area contributed by atoms with Crippen molar-refractivity contribution in [1.82, 2.24) is 4.90 Å². The van der Waals surface area contributed by atoms with Gasteiger partial charge < -0.3 is 9.80 Å². The minimum Gasteiger partial charge on any atom is -0.339 e. The van der Waals surface area contributed by atoms with E-state index in [4.69, 9.17) is 0 Å². The Kier molecular flexibility index (Phi) is 5.13. The van der Waals surface area contributed by atoms with E-state index in [1.54, 1.807) is 18.2 Å². The molecule has 5 nitrogen and oxygen atoms in total. The van der Waals surface area contributed by atoms with Crippen LogP contribution in [0, 0.1) is 0 Å². The second-order valence-corrected chi connectivity index (χ2v) is 7.90. The molecule has 0 radical (unpaired) electrons. The second kappa shape index (κ2) is 7.72. The number of fused-ring (bicyclic) bond motifs is 1. The minimum atomic E-state index is -0.521. The Bertz CT molecular complexity index is 976. The number of rotatable bonds is 4. The van der Waals surface area contributed by atoms with Crippen LogP contribution in [0.1, 0.15) is 34.3 Å². The number of halogens is 1. The van der Waals surface area contributed by atoms with E-state index < -0.39 is 11.7 Å². The summed E-state index contributed by atoms with van der Waals surface area (Å²) in [7, 11) is 0. The number of hydrogen-bond acceptors (Lipinski definition) is 3. The first-order valence-electron chi connectivity index (χ1n) is 9.24. The smallest absolute Gasteiger partial charge is 0.299 e. The molecule has 0 spiro atoms. The molecule has 6 heteroatoms. The Balaban J connectivity index is 1.55. The Morgan fingerprint density at radius 1 is 1.04 bits per heavy atom. The molecule has 0 aliphatic carbocycles. The minimum absolute atomic E-state index is 0.0164. The van der Waals surface area contributed by atoms with Gasteiger partial charge in [-0.3, -0.25) is 14.4 Å². The van der Waals surface area contributed by atoms with Crippen LogP contribution in [0.25, 0.3) is 6.08 Å². The van der Waals surface area contributed by atoms with Crippen molar-refractivity contribution in [3.05, 3.63) is 69.7 Å². The number of amides is 2. The summed E-state index contributed by atoms with van der Waals surface area (Å²) in [6.45, 7) is 1.93. The zero-order valence-electron chi connectivity index (χ0n) is 15.2. The van der Waals surface area contributed by atoms with E-state index in [9.17, 15) is 14.4 Å². The maximum atomic E-state index is 12.5. The van der Waals surface area contributed by atoms with Crippen molar-refractivity contribution in [2.24, 2.45) is 0 Å². The third-order valence-corrected chi connectivity index (χ3v) is 5.61. The molecule has 2 heterocycles. The van der Waals surface area contributed by atoms with Gasteiger partial charge in [-0.25, -0.2) is 0 Å². The van der Waals surface area contributed by atoms with Crippen LogP contribution in [0.4, 0.5) is 5.69 Å². The number of hydrogen-bond donors (Lipinski definition) is 0. The van der Waals surface area contributed by atoms with E-state index in [1.807, 2.05) is 35.2 Å². The summed E-state index contributed by atoms with van der Waals surface area (Å²) in [6.07, 6.45) is 5.33. The van der Waals surface area contributed by atoms with Crippen LogP contribution in [0.5, 0.6) is 0 Å². The van der Waals surface area contributed by atoms with E-state index >= 15 is 0 Å². The van der Waals surface area contributed by atoms with Gasteiger partial charge in [0, 0.05) is 23.6 Å². The number of benzene rings is 2. The lowest BCUT2D eigenvalue weighted by Crippen LogP contribution is -2.29. The average molecular weight is 439 g/mol. The van der Waals surface area contributed by atoms with Crippen LogP contribution < -0.4 is 4.90 Å². The van der Waals surface area contributed by atoms with E-state index in [0.29, 0.717) is 17.8 Å². The molecule has 0 unspecified atom stereocenters. The van der Waals surface area contributed by atoms with Crippen molar-refractivity contribution in [2.45, 2.75) is 19.4 Å². The zero-order chi connectivity index (χ0) is 19.7. The van der Waals surface area contributed by atoms with Crippen LogP contribution in [-0.2, 0) is 16.1 Å². The first kappa shape index (κ1) is 18.6. The molecule has 4 rings (SSSR count). The molecule has 0 atom stereocenters. The third-order valence-electron chi connectivity index (χ3n) is 5.09. The molecule has 28 heavy (non-hydrogen) atoms. The maximum absolute atomic E-state index is 12.5. The predicted octanol–water partition coefficient (Wildman–Crippen LogP) is 3.81. The van der Waals surface area contributed by atoms with Gasteiger partial charge in [0.2, 0.25) is 5.91 Å². The Morgan fingerprint density at radius 2 is 1.75 bits per heavy atom. The van der Waals surface area contributed by atoms with Crippen molar-refractivity contribution < 1.29 is 14.4 Å². The molecular weight excluding hydrogens is 420 g/mol. The summed E-state index contributed by atoms with van der Waals surface area (Å²) in [5, 5.41) is 0.